The molecule has 0 bridgehead atoms. The molecule has 0 N–H and O–H groups in total. The number of hydrogen-bond donors (Lipinski definition) is 0. The van der Waals surface area contributed by atoms with Crippen molar-refractivity contribution in [1.82, 2.24) is 0 Å². The minimum atomic E-state index is -0.887. The first-order valence-corrected chi connectivity index (χ1v) is 4.54. The molecule has 2 heteroatoms. The van der Waals surface area contributed by atoms with Crippen LogP contribution in [0.1, 0.15) is 38.5 Å². The van der Waals surface area contributed by atoms with Gasteiger partial charge in [0.15, 0.2) is 0 Å². The van der Waals surface area contributed by atoms with Gasteiger partial charge < -0.3 is 9.90 Å². The average molecular weight is 167 g/mol. The van der Waals surface area contributed by atoms with E-state index >= 15 is 0 Å². The van der Waals surface area contributed by atoms with E-state index in [0.29, 0.717) is 6.42 Å². The Kier molecular flexibility index (Phi) is 2.90. The number of aliphatic carboxylic acids is 1. The molecule has 1 aliphatic rings. The van der Waals surface area contributed by atoms with E-state index in [-0.39, 0.29) is 0 Å². The fourth-order valence-electron chi connectivity index (χ4n) is 2.00. The molecule has 1 rings (SSSR count). The highest BCUT2D eigenvalue weighted by molar-refractivity contribution is 5.72. The predicted molar refractivity (Wildman–Crippen MR) is 45.3 cm³/mol. The van der Waals surface area contributed by atoms with E-state index in [4.69, 9.17) is 0 Å². The molecular weight excluding hydrogens is 152 g/mol. The Morgan fingerprint density at radius 2 is 2.00 bits per heavy atom. The van der Waals surface area contributed by atoms with Crippen molar-refractivity contribution >= 4 is 5.97 Å². The van der Waals surface area contributed by atoms with Crippen LogP contribution in [-0.2, 0) is 4.79 Å². The fourth-order valence-corrected chi connectivity index (χ4v) is 2.00. The maximum Gasteiger partial charge on any atom is 0.0479 e. The molecule has 12 heavy (non-hydrogen) atoms. The summed E-state index contributed by atoms with van der Waals surface area (Å²) in [6.07, 6.45) is 6.98. The van der Waals surface area contributed by atoms with Gasteiger partial charge in [0.25, 0.3) is 0 Å². The fraction of sp³-hybridized carbons (Fsp3) is 0.700. The van der Waals surface area contributed by atoms with Gasteiger partial charge in [0, 0.05) is 11.4 Å². The molecule has 0 aromatic rings. The van der Waals surface area contributed by atoms with Crippen LogP contribution in [0, 0.1) is 5.41 Å². The SMILES string of the molecule is C=CCC1(C(=O)[O-])CCCCC1. The number of rotatable bonds is 3. The zero-order valence-electron chi connectivity index (χ0n) is 7.34. The van der Waals surface area contributed by atoms with Gasteiger partial charge in [-0.3, -0.25) is 0 Å². The number of carboxylic acids is 1. The van der Waals surface area contributed by atoms with Gasteiger partial charge in [0.05, 0.1) is 0 Å². The molecule has 0 amide bonds. The third-order valence-corrected chi connectivity index (χ3v) is 2.78. The first-order valence-electron chi connectivity index (χ1n) is 4.54. The van der Waals surface area contributed by atoms with Crippen LogP contribution in [-0.4, -0.2) is 5.97 Å². The van der Waals surface area contributed by atoms with Crippen LogP contribution in [0.25, 0.3) is 0 Å². The molecule has 1 saturated carbocycles. The van der Waals surface area contributed by atoms with Gasteiger partial charge in [-0.2, -0.15) is 0 Å². The topological polar surface area (TPSA) is 40.1 Å². The smallest absolute Gasteiger partial charge is 0.0479 e. The van der Waals surface area contributed by atoms with E-state index in [2.05, 4.69) is 6.58 Å². The van der Waals surface area contributed by atoms with E-state index in [1.165, 1.54) is 0 Å². The monoisotopic (exact) mass is 167 g/mol. The second kappa shape index (κ2) is 3.74. The molecule has 68 valence electrons. The lowest BCUT2D eigenvalue weighted by Gasteiger charge is -2.37. The molecule has 0 heterocycles. The van der Waals surface area contributed by atoms with Crippen LogP contribution >= 0.6 is 0 Å². The van der Waals surface area contributed by atoms with Crippen LogP contribution in [0.3, 0.4) is 0 Å². The van der Waals surface area contributed by atoms with Gasteiger partial charge in [-0.05, 0) is 19.3 Å². The third-order valence-electron chi connectivity index (χ3n) is 2.78. The molecular formula is C10H15O2-. The summed E-state index contributed by atoms with van der Waals surface area (Å²) in [6, 6.07) is 0. The van der Waals surface area contributed by atoms with Crippen molar-refractivity contribution in [2.75, 3.05) is 0 Å². The molecule has 0 aromatic carbocycles. The summed E-state index contributed by atoms with van der Waals surface area (Å²) in [5.74, 6) is -0.887. The summed E-state index contributed by atoms with van der Waals surface area (Å²) in [6.45, 7) is 3.59. The Morgan fingerprint density at radius 1 is 1.42 bits per heavy atom. The second-order valence-corrected chi connectivity index (χ2v) is 3.62. The van der Waals surface area contributed by atoms with Crippen molar-refractivity contribution in [2.45, 2.75) is 38.5 Å². The summed E-state index contributed by atoms with van der Waals surface area (Å²) in [5, 5.41) is 10.9. The van der Waals surface area contributed by atoms with Crippen LogP contribution in [0.2, 0.25) is 0 Å². The van der Waals surface area contributed by atoms with Gasteiger partial charge >= 0.3 is 0 Å². The molecule has 0 spiro atoms. The van der Waals surface area contributed by atoms with Crippen molar-refractivity contribution in [1.29, 1.82) is 0 Å². The zero-order valence-corrected chi connectivity index (χ0v) is 7.34. The Bertz CT molecular complexity index is 178. The van der Waals surface area contributed by atoms with Crippen LogP contribution in [0.5, 0.6) is 0 Å². The quantitative estimate of drug-likeness (QED) is 0.594. The highest BCUT2D eigenvalue weighted by atomic mass is 16.4. The lowest BCUT2D eigenvalue weighted by Crippen LogP contribution is -2.43. The standard InChI is InChI=1S/C10H16O2/c1-2-6-10(9(11)12)7-4-3-5-8-10/h2H,1,3-8H2,(H,11,12)/p-1. The molecule has 1 fully saturated rings. The number of hydrogen-bond acceptors (Lipinski definition) is 2. The van der Waals surface area contributed by atoms with Crippen LogP contribution in [0.4, 0.5) is 0 Å². The first-order chi connectivity index (χ1) is 5.71. The molecule has 0 saturated heterocycles. The Balaban J connectivity index is 2.69. The number of carbonyl (C=O) groups is 1. The van der Waals surface area contributed by atoms with E-state index < -0.39 is 11.4 Å². The molecule has 1 aliphatic carbocycles. The van der Waals surface area contributed by atoms with E-state index in [0.717, 1.165) is 32.1 Å². The zero-order chi connectivity index (χ0) is 9.03. The van der Waals surface area contributed by atoms with Gasteiger partial charge in [0.2, 0.25) is 0 Å². The van der Waals surface area contributed by atoms with Crippen molar-refractivity contribution < 1.29 is 9.90 Å². The summed E-state index contributed by atoms with van der Waals surface area (Å²) in [4.78, 5) is 10.9. The first kappa shape index (κ1) is 9.30. The van der Waals surface area contributed by atoms with Gasteiger partial charge in [0.1, 0.15) is 0 Å². The average Bonchev–Trinajstić information content (AvgIpc) is 2.06. The Morgan fingerprint density at radius 3 is 2.42 bits per heavy atom. The van der Waals surface area contributed by atoms with Crippen molar-refractivity contribution in [3.05, 3.63) is 12.7 Å². The highest BCUT2D eigenvalue weighted by Gasteiger charge is 2.31. The second-order valence-electron chi connectivity index (χ2n) is 3.62. The number of carbonyl (C=O) groups excluding carboxylic acids is 1. The van der Waals surface area contributed by atoms with E-state index in [1.807, 2.05) is 0 Å². The van der Waals surface area contributed by atoms with E-state index in [9.17, 15) is 9.90 Å². The summed E-state index contributed by atoms with van der Waals surface area (Å²) >= 11 is 0. The van der Waals surface area contributed by atoms with Gasteiger partial charge in [-0.1, -0.05) is 25.3 Å². The number of allylic oxidation sites excluding steroid dienone is 1. The van der Waals surface area contributed by atoms with Gasteiger partial charge in [-0.15, -0.1) is 6.58 Å². The van der Waals surface area contributed by atoms with Gasteiger partial charge in [-0.25, -0.2) is 0 Å². The van der Waals surface area contributed by atoms with Crippen molar-refractivity contribution in [3.8, 4) is 0 Å². The molecule has 0 unspecified atom stereocenters. The Hall–Kier alpha value is -0.790. The molecule has 2 nitrogen and oxygen atoms in total. The normalized spacial score (nSPS) is 21.7. The van der Waals surface area contributed by atoms with Crippen LogP contribution in [0.15, 0.2) is 12.7 Å². The maximum absolute atomic E-state index is 10.9. The molecule has 0 aliphatic heterocycles. The predicted octanol–water partition coefficient (Wildman–Crippen LogP) is 1.26. The van der Waals surface area contributed by atoms with Crippen LogP contribution < -0.4 is 5.11 Å². The Labute approximate surface area is 73.3 Å². The highest BCUT2D eigenvalue weighted by Crippen LogP contribution is 2.38. The number of carboxylic acid groups (broad SMARTS) is 1. The maximum atomic E-state index is 10.9. The summed E-state index contributed by atoms with van der Waals surface area (Å²) < 4.78 is 0. The lowest BCUT2D eigenvalue weighted by molar-refractivity contribution is -0.320. The summed E-state index contributed by atoms with van der Waals surface area (Å²) in [5.41, 5.74) is -0.583. The largest absolute Gasteiger partial charge is 0.550 e. The van der Waals surface area contributed by atoms with Crippen molar-refractivity contribution in [3.63, 3.8) is 0 Å². The summed E-state index contributed by atoms with van der Waals surface area (Å²) in [7, 11) is 0. The minimum Gasteiger partial charge on any atom is -0.550 e. The third kappa shape index (κ3) is 1.68. The minimum absolute atomic E-state index is 0.565. The van der Waals surface area contributed by atoms with E-state index in [1.54, 1.807) is 6.08 Å². The van der Waals surface area contributed by atoms with Crippen molar-refractivity contribution in [2.24, 2.45) is 5.41 Å². The molecule has 0 radical (unpaired) electrons. The molecule has 0 aromatic heterocycles. The molecule has 0 atom stereocenters. The lowest BCUT2D eigenvalue weighted by atomic mass is 9.72.